The molecule has 7 rings (SSSR count). The quantitative estimate of drug-likeness (QED) is 0.251. The number of rotatable bonds is 4. The van der Waals surface area contributed by atoms with Crippen molar-refractivity contribution in [2.24, 2.45) is 0 Å². The molecule has 4 heterocycles. The van der Waals surface area contributed by atoms with Crippen LogP contribution in [0.3, 0.4) is 0 Å². The summed E-state index contributed by atoms with van der Waals surface area (Å²) in [6, 6.07) is 32.2. The SMILES string of the molecule is Cc1ccccc1-n1c(-c2cccc(-c3nc4cccnc4n3-c3ccccc3C)c2C#N)nc2cccnc21. The average molecular weight is 518 g/mol. The molecule has 190 valence electrons. The van der Waals surface area contributed by atoms with E-state index in [2.05, 4.69) is 42.0 Å². The molecule has 0 N–H and O–H groups in total. The Hall–Kier alpha value is -5.61. The Morgan fingerprint density at radius 1 is 0.575 bits per heavy atom. The Labute approximate surface area is 230 Å². The molecule has 4 aromatic heterocycles. The Morgan fingerprint density at radius 2 is 1.05 bits per heavy atom. The topological polar surface area (TPSA) is 85.2 Å². The molecule has 0 saturated carbocycles. The number of aromatic nitrogens is 6. The first-order chi connectivity index (χ1) is 19.7. The molecule has 0 aliphatic heterocycles. The predicted octanol–water partition coefficient (Wildman–Crippen LogP) is 6.98. The number of hydrogen-bond donors (Lipinski definition) is 0. The van der Waals surface area contributed by atoms with Crippen molar-refractivity contribution in [3.8, 4) is 40.2 Å². The van der Waals surface area contributed by atoms with Crippen LogP contribution in [-0.2, 0) is 0 Å². The van der Waals surface area contributed by atoms with E-state index < -0.39 is 0 Å². The van der Waals surface area contributed by atoms with Gasteiger partial charge in [-0.1, -0.05) is 42.5 Å². The van der Waals surface area contributed by atoms with Crippen LogP contribution in [0, 0.1) is 25.2 Å². The number of hydrogen-bond acceptors (Lipinski definition) is 5. The molecule has 7 heteroatoms. The second-order valence-corrected chi connectivity index (χ2v) is 9.65. The molecule has 0 bridgehead atoms. The van der Waals surface area contributed by atoms with Gasteiger partial charge in [-0.15, -0.1) is 0 Å². The smallest absolute Gasteiger partial charge is 0.164 e. The van der Waals surface area contributed by atoms with Gasteiger partial charge in [0, 0.05) is 23.5 Å². The van der Waals surface area contributed by atoms with Crippen LogP contribution in [0.2, 0.25) is 0 Å². The van der Waals surface area contributed by atoms with Gasteiger partial charge in [-0.2, -0.15) is 5.26 Å². The summed E-state index contributed by atoms with van der Waals surface area (Å²) in [6.07, 6.45) is 3.53. The number of nitriles is 1. The minimum absolute atomic E-state index is 0.484. The van der Waals surface area contributed by atoms with Gasteiger partial charge < -0.3 is 0 Å². The zero-order valence-corrected chi connectivity index (χ0v) is 21.9. The molecule has 0 radical (unpaired) electrons. The Morgan fingerprint density at radius 3 is 1.50 bits per heavy atom. The van der Waals surface area contributed by atoms with Gasteiger partial charge in [-0.05, 0) is 73.5 Å². The number of benzene rings is 3. The van der Waals surface area contributed by atoms with Gasteiger partial charge in [-0.3, -0.25) is 9.13 Å². The standard InChI is InChI=1S/C33H23N7/c1-21-10-3-5-16-28(21)39-30(37-26-14-8-18-35-32(26)39)23-12-7-13-24(25(23)20-34)31-38-27-15-9-19-36-33(27)40(31)29-17-6-4-11-22(29)2/h3-19H,1-2H3. The van der Waals surface area contributed by atoms with Crippen LogP contribution in [0.1, 0.15) is 16.7 Å². The maximum Gasteiger partial charge on any atom is 0.164 e. The minimum Gasteiger partial charge on any atom is -0.276 e. The van der Waals surface area contributed by atoms with Crippen molar-refractivity contribution in [3.63, 3.8) is 0 Å². The summed E-state index contributed by atoms with van der Waals surface area (Å²) in [5, 5.41) is 10.6. The van der Waals surface area contributed by atoms with E-state index in [0.29, 0.717) is 28.3 Å². The highest BCUT2D eigenvalue weighted by Gasteiger charge is 2.24. The summed E-state index contributed by atoms with van der Waals surface area (Å²) in [6.45, 7) is 4.13. The van der Waals surface area contributed by atoms with Crippen molar-refractivity contribution >= 4 is 22.3 Å². The third-order valence-electron chi connectivity index (χ3n) is 7.20. The predicted molar refractivity (Wildman–Crippen MR) is 156 cm³/mol. The monoisotopic (exact) mass is 517 g/mol. The lowest BCUT2D eigenvalue weighted by molar-refractivity contribution is 1.05. The van der Waals surface area contributed by atoms with Gasteiger partial charge in [0.25, 0.3) is 0 Å². The number of pyridine rings is 2. The van der Waals surface area contributed by atoms with Crippen LogP contribution >= 0.6 is 0 Å². The molecule has 40 heavy (non-hydrogen) atoms. The van der Waals surface area contributed by atoms with E-state index in [-0.39, 0.29) is 0 Å². The largest absolute Gasteiger partial charge is 0.276 e. The molecule has 7 aromatic rings. The second-order valence-electron chi connectivity index (χ2n) is 9.65. The fourth-order valence-electron chi connectivity index (χ4n) is 5.32. The zero-order chi connectivity index (χ0) is 27.2. The molecule has 0 fully saturated rings. The van der Waals surface area contributed by atoms with Crippen LogP contribution in [0.15, 0.2) is 103 Å². The van der Waals surface area contributed by atoms with Crippen LogP contribution in [0.25, 0.3) is 56.5 Å². The number of aryl methyl sites for hydroxylation is 2. The number of nitrogens with zero attached hydrogens (tertiary/aromatic N) is 7. The van der Waals surface area contributed by atoms with Crippen LogP contribution in [-0.4, -0.2) is 29.1 Å². The molecule has 0 unspecified atom stereocenters. The summed E-state index contributed by atoms with van der Waals surface area (Å²) >= 11 is 0. The minimum atomic E-state index is 0.484. The highest BCUT2D eigenvalue weighted by molar-refractivity contribution is 5.87. The molecule has 0 spiro atoms. The fraction of sp³-hybridized carbons (Fsp3) is 0.0606. The van der Waals surface area contributed by atoms with Crippen molar-refractivity contribution in [1.82, 2.24) is 29.1 Å². The third kappa shape index (κ3) is 3.58. The number of fused-ring (bicyclic) bond motifs is 2. The van der Waals surface area contributed by atoms with E-state index in [4.69, 9.17) is 9.97 Å². The summed E-state index contributed by atoms with van der Waals surface area (Å²) in [5.41, 5.74) is 8.96. The normalized spacial score (nSPS) is 11.2. The first kappa shape index (κ1) is 23.5. The van der Waals surface area contributed by atoms with Gasteiger partial charge in [0.1, 0.15) is 28.8 Å². The van der Waals surface area contributed by atoms with E-state index in [9.17, 15) is 5.26 Å². The molecule has 0 saturated heterocycles. The van der Waals surface area contributed by atoms with Gasteiger partial charge >= 0.3 is 0 Å². The van der Waals surface area contributed by atoms with Gasteiger partial charge in [0.05, 0.1) is 16.9 Å². The molecular weight excluding hydrogens is 494 g/mol. The molecule has 0 atom stereocenters. The van der Waals surface area contributed by atoms with Crippen molar-refractivity contribution in [1.29, 1.82) is 5.26 Å². The molecular formula is C33H23N7. The van der Waals surface area contributed by atoms with Gasteiger partial charge in [0.15, 0.2) is 11.3 Å². The summed E-state index contributed by atoms with van der Waals surface area (Å²) in [7, 11) is 0. The Bertz CT molecular complexity index is 1970. The molecule has 7 nitrogen and oxygen atoms in total. The van der Waals surface area contributed by atoms with Crippen molar-refractivity contribution < 1.29 is 0 Å². The first-order valence-electron chi connectivity index (χ1n) is 13.0. The molecule has 3 aromatic carbocycles. The lowest BCUT2D eigenvalue weighted by atomic mass is 10.00. The number of para-hydroxylation sites is 2. The average Bonchev–Trinajstić information content (AvgIpc) is 3.56. The van der Waals surface area contributed by atoms with Crippen LogP contribution in [0.4, 0.5) is 0 Å². The lowest BCUT2D eigenvalue weighted by Gasteiger charge is -2.15. The van der Waals surface area contributed by atoms with Gasteiger partial charge in [0.2, 0.25) is 0 Å². The number of imidazole rings is 2. The highest BCUT2D eigenvalue weighted by Crippen LogP contribution is 2.37. The van der Waals surface area contributed by atoms with E-state index in [1.54, 1.807) is 12.4 Å². The second kappa shape index (κ2) is 9.29. The first-order valence-corrected chi connectivity index (χ1v) is 13.0. The van der Waals surface area contributed by atoms with Gasteiger partial charge in [-0.25, -0.2) is 19.9 Å². The zero-order valence-electron chi connectivity index (χ0n) is 21.9. The Kier molecular flexibility index (Phi) is 5.46. The van der Waals surface area contributed by atoms with Crippen LogP contribution < -0.4 is 0 Å². The van der Waals surface area contributed by atoms with Crippen LogP contribution in [0.5, 0.6) is 0 Å². The van der Waals surface area contributed by atoms with Crippen molar-refractivity contribution in [2.45, 2.75) is 13.8 Å². The molecule has 0 amide bonds. The fourth-order valence-corrected chi connectivity index (χ4v) is 5.32. The Balaban J connectivity index is 1.55. The van der Waals surface area contributed by atoms with E-state index in [0.717, 1.165) is 44.8 Å². The molecule has 0 aliphatic rings. The molecule has 0 aliphatic carbocycles. The summed E-state index contributed by atoms with van der Waals surface area (Å²) in [4.78, 5) is 19.3. The maximum absolute atomic E-state index is 10.6. The van der Waals surface area contributed by atoms with E-state index >= 15 is 0 Å². The lowest BCUT2D eigenvalue weighted by Crippen LogP contribution is -2.04. The van der Waals surface area contributed by atoms with Crippen molar-refractivity contribution in [3.05, 3.63) is 120 Å². The van der Waals surface area contributed by atoms with E-state index in [1.807, 2.05) is 88.0 Å². The summed E-state index contributed by atoms with van der Waals surface area (Å²) < 4.78 is 4.08. The third-order valence-corrected chi connectivity index (χ3v) is 7.20. The summed E-state index contributed by atoms with van der Waals surface area (Å²) in [5.74, 6) is 1.30. The van der Waals surface area contributed by atoms with E-state index in [1.165, 1.54) is 0 Å². The highest BCUT2D eigenvalue weighted by atomic mass is 15.1. The van der Waals surface area contributed by atoms with Crippen molar-refractivity contribution in [2.75, 3.05) is 0 Å². The maximum atomic E-state index is 10.6.